The first-order chi connectivity index (χ1) is 12.8. The van der Waals surface area contributed by atoms with Crippen LogP contribution in [0.3, 0.4) is 0 Å². The Balaban J connectivity index is 1.71. The van der Waals surface area contributed by atoms with Gasteiger partial charge in [0.05, 0.1) is 10.6 Å². The molecule has 0 bridgehead atoms. The minimum absolute atomic E-state index is 0.157. The smallest absolute Gasteiger partial charge is 0.387 e. The van der Waals surface area contributed by atoms with Gasteiger partial charge in [0.25, 0.3) is 0 Å². The van der Waals surface area contributed by atoms with E-state index in [1.54, 1.807) is 4.90 Å². The quantitative estimate of drug-likeness (QED) is 0.459. The second-order valence-electron chi connectivity index (χ2n) is 5.99. The number of nitrogens with zero attached hydrogens (tertiary/aromatic N) is 2. The fourth-order valence-electron chi connectivity index (χ4n) is 3.02. The molecule has 1 N–H and O–H groups in total. The first-order valence-corrected chi connectivity index (χ1v) is 8.03. The third-order valence-electron chi connectivity index (χ3n) is 4.18. The number of hydrogen-bond acceptors (Lipinski definition) is 5. The Hall–Kier alpha value is -3.04. The van der Waals surface area contributed by atoms with Gasteiger partial charge in [0, 0.05) is 43.0 Å². The van der Waals surface area contributed by atoms with Crippen LogP contribution in [0.25, 0.3) is 0 Å². The van der Waals surface area contributed by atoms with Gasteiger partial charge in [-0.25, -0.2) is 8.78 Å². The average Bonchev–Trinajstić information content (AvgIpc) is 3.02. The van der Waals surface area contributed by atoms with E-state index in [0.29, 0.717) is 25.2 Å². The van der Waals surface area contributed by atoms with Crippen LogP contribution < -0.4 is 15.0 Å². The minimum Gasteiger partial charge on any atom is -0.427 e. The number of anilines is 2. The lowest BCUT2D eigenvalue weighted by Crippen LogP contribution is -2.26. The van der Waals surface area contributed by atoms with E-state index in [2.05, 4.69) is 10.1 Å². The van der Waals surface area contributed by atoms with Crippen molar-refractivity contribution in [2.45, 2.75) is 19.1 Å². The standard InChI is InChI=1S/C17H15F4N3O3/c18-10-1-3-14(13(19)7-10)23-6-5-12(9-23)22-11-2-4-15(24(25)26)16(8-11)27-17(20)21/h1-4,7-8,12,17,22H,5-6,9H2. The first kappa shape index (κ1) is 18.7. The summed E-state index contributed by atoms with van der Waals surface area (Å²) < 4.78 is 56.1. The van der Waals surface area contributed by atoms with Crippen LogP contribution in [0.4, 0.5) is 34.6 Å². The molecule has 1 saturated heterocycles. The van der Waals surface area contributed by atoms with E-state index in [0.717, 1.165) is 18.2 Å². The molecule has 0 saturated carbocycles. The molecule has 1 aliphatic rings. The molecule has 1 atom stereocenters. The molecule has 1 aliphatic heterocycles. The number of hydrogen-bond donors (Lipinski definition) is 1. The molecule has 1 heterocycles. The van der Waals surface area contributed by atoms with E-state index in [4.69, 9.17) is 0 Å². The fourth-order valence-corrected chi connectivity index (χ4v) is 3.02. The Labute approximate surface area is 151 Å². The van der Waals surface area contributed by atoms with Crippen LogP contribution in [0.5, 0.6) is 5.75 Å². The van der Waals surface area contributed by atoms with Crippen LogP contribution >= 0.6 is 0 Å². The number of benzene rings is 2. The van der Waals surface area contributed by atoms with E-state index in [1.165, 1.54) is 18.2 Å². The van der Waals surface area contributed by atoms with Crippen molar-refractivity contribution in [3.8, 4) is 5.75 Å². The summed E-state index contributed by atoms with van der Waals surface area (Å²) in [6.45, 7) is -2.29. The Morgan fingerprint density at radius 3 is 2.67 bits per heavy atom. The summed E-state index contributed by atoms with van der Waals surface area (Å²) in [4.78, 5) is 11.8. The van der Waals surface area contributed by atoms with Crippen LogP contribution in [-0.4, -0.2) is 30.7 Å². The number of nitrogens with one attached hydrogen (secondary N) is 1. The topological polar surface area (TPSA) is 67.6 Å². The van der Waals surface area contributed by atoms with Crippen LogP contribution in [0.15, 0.2) is 36.4 Å². The molecule has 1 unspecified atom stereocenters. The molecule has 144 valence electrons. The summed E-state index contributed by atoms with van der Waals surface area (Å²) >= 11 is 0. The maximum absolute atomic E-state index is 13.9. The first-order valence-electron chi connectivity index (χ1n) is 8.03. The Morgan fingerprint density at radius 1 is 1.22 bits per heavy atom. The van der Waals surface area contributed by atoms with E-state index in [9.17, 15) is 27.7 Å². The Kier molecular flexibility index (Phi) is 5.33. The highest BCUT2D eigenvalue weighted by Gasteiger charge is 2.26. The van der Waals surface area contributed by atoms with Gasteiger partial charge < -0.3 is 15.0 Å². The van der Waals surface area contributed by atoms with Gasteiger partial charge in [-0.15, -0.1) is 0 Å². The highest BCUT2D eigenvalue weighted by molar-refractivity contribution is 5.59. The van der Waals surface area contributed by atoms with Crippen LogP contribution in [-0.2, 0) is 0 Å². The molecule has 0 spiro atoms. The second-order valence-corrected chi connectivity index (χ2v) is 5.99. The van der Waals surface area contributed by atoms with E-state index < -0.39 is 34.6 Å². The fraction of sp³-hybridized carbons (Fsp3) is 0.294. The van der Waals surface area contributed by atoms with Gasteiger partial charge in [-0.1, -0.05) is 0 Å². The number of alkyl halides is 2. The molecule has 3 rings (SSSR count). The van der Waals surface area contributed by atoms with Gasteiger partial charge in [0.15, 0.2) is 0 Å². The third kappa shape index (κ3) is 4.39. The summed E-state index contributed by atoms with van der Waals surface area (Å²) in [5.74, 6) is -1.87. The zero-order chi connectivity index (χ0) is 19.6. The van der Waals surface area contributed by atoms with Crippen molar-refractivity contribution in [3.05, 3.63) is 58.1 Å². The van der Waals surface area contributed by atoms with E-state index in [1.807, 2.05) is 0 Å². The van der Waals surface area contributed by atoms with Gasteiger partial charge in [0.2, 0.25) is 5.75 Å². The molecule has 1 fully saturated rings. The number of nitro groups is 1. The molecule has 0 aromatic heterocycles. The van der Waals surface area contributed by atoms with Gasteiger partial charge in [-0.2, -0.15) is 8.78 Å². The normalized spacial score (nSPS) is 16.6. The molecular weight excluding hydrogens is 370 g/mol. The molecule has 2 aromatic carbocycles. The Bertz CT molecular complexity index is 850. The predicted molar refractivity (Wildman–Crippen MR) is 90.3 cm³/mol. The predicted octanol–water partition coefficient (Wildman–Crippen LogP) is 4.17. The zero-order valence-electron chi connectivity index (χ0n) is 13.9. The molecule has 10 heteroatoms. The van der Waals surface area contributed by atoms with Gasteiger partial charge in [-0.3, -0.25) is 10.1 Å². The van der Waals surface area contributed by atoms with Gasteiger partial charge >= 0.3 is 12.3 Å². The maximum Gasteiger partial charge on any atom is 0.387 e. The van der Waals surface area contributed by atoms with Crippen molar-refractivity contribution in [3.63, 3.8) is 0 Å². The number of halogens is 4. The van der Waals surface area contributed by atoms with Crippen molar-refractivity contribution in [1.29, 1.82) is 0 Å². The molecule has 0 radical (unpaired) electrons. The molecule has 0 amide bonds. The summed E-state index contributed by atoms with van der Waals surface area (Å²) in [6.07, 6.45) is 0.610. The van der Waals surface area contributed by atoms with Gasteiger partial charge in [-0.05, 0) is 24.6 Å². The van der Waals surface area contributed by atoms with Crippen molar-refractivity contribution < 1.29 is 27.2 Å². The lowest BCUT2D eigenvalue weighted by Gasteiger charge is -2.20. The number of ether oxygens (including phenoxy) is 1. The summed E-state index contributed by atoms with van der Waals surface area (Å²) in [6, 6.07) is 6.77. The SMILES string of the molecule is O=[N+]([O-])c1ccc(NC2CCN(c3ccc(F)cc3F)C2)cc1OC(F)F. The zero-order valence-corrected chi connectivity index (χ0v) is 13.9. The molecule has 0 aliphatic carbocycles. The highest BCUT2D eigenvalue weighted by atomic mass is 19.3. The Morgan fingerprint density at radius 2 is 2.00 bits per heavy atom. The average molecular weight is 385 g/mol. The molecule has 27 heavy (non-hydrogen) atoms. The van der Waals surface area contributed by atoms with E-state index in [-0.39, 0.29) is 11.7 Å². The van der Waals surface area contributed by atoms with Crippen molar-refractivity contribution in [2.24, 2.45) is 0 Å². The van der Waals surface area contributed by atoms with Crippen molar-refractivity contribution in [1.82, 2.24) is 0 Å². The third-order valence-corrected chi connectivity index (χ3v) is 4.18. The minimum atomic E-state index is -3.19. The largest absolute Gasteiger partial charge is 0.427 e. The highest BCUT2D eigenvalue weighted by Crippen LogP contribution is 2.32. The second kappa shape index (κ2) is 7.68. The summed E-state index contributed by atoms with van der Waals surface area (Å²) in [5, 5.41) is 14.0. The van der Waals surface area contributed by atoms with Crippen LogP contribution in [0.1, 0.15) is 6.42 Å². The lowest BCUT2D eigenvalue weighted by molar-refractivity contribution is -0.386. The van der Waals surface area contributed by atoms with Crippen molar-refractivity contribution in [2.75, 3.05) is 23.3 Å². The molecule has 2 aromatic rings. The van der Waals surface area contributed by atoms with E-state index >= 15 is 0 Å². The van der Waals surface area contributed by atoms with Gasteiger partial charge in [0.1, 0.15) is 11.6 Å². The molecular formula is C17H15F4N3O3. The van der Waals surface area contributed by atoms with Crippen LogP contribution in [0.2, 0.25) is 0 Å². The summed E-state index contributed by atoms with van der Waals surface area (Å²) in [5.41, 5.74) is 0.0658. The number of nitro benzene ring substituents is 1. The van der Waals surface area contributed by atoms with Crippen LogP contribution in [0, 0.1) is 21.7 Å². The lowest BCUT2D eigenvalue weighted by atomic mass is 10.2. The maximum atomic E-state index is 13.9. The van der Waals surface area contributed by atoms with Crippen molar-refractivity contribution >= 4 is 17.1 Å². The monoisotopic (exact) mass is 385 g/mol. The summed E-state index contributed by atoms with van der Waals surface area (Å²) in [7, 11) is 0. The number of rotatable bonds is 6. The molecule has 6 nitrogen and oxygen atoms in total.